The van der Waals surface area contributed by atoms with E-state index in [9.17, 15) is 4.79 Å². The Balaban J connectivity index is 1.30. The maximum Gasteiger partial charge on any atom is 0.296 e. The van der Waals surface area contributed by atoms with Crippen LogP contribution in [0.4, 0.5) is 0 Å². The van der Waals surface area contributed by atoms with Gasteiger partial charge in [-0.15, -0.1) is 11.3 Å². The predicted octanol–water partition coefficient (Wildman–Crippen LogP) is 4.28. The van der Waals surface area contributed by atoms with E-state index in [1.165, 1.54) is 43.7 Å². The van der Waals surface area contributed by atoms with Crippen molar-refractivity contribution in [3.8, 4) is 22.8 Å². The highest BCUT2D eigenvalue weighted by atomic mass is 32.1. The van der Waals surface area contributed by atoms with E-state index in [2.05, 4.69) is 15.0 Å². The first kappa shape index (κ1) is 22.6. The smallest absolute Gasteiger partial charge is 0.296 e. The molecule has 34 heavy (non-hydrogen) atoms. The van der Waals surface area contributed by atoms with E-state index in [0.29, 0.717) is 23.7 Å². The summed E-state index contributed by atoms with van der Waals surface area (Å²) in [5, 5.41) is 6.64. The van der Waals surface area contributed by atoms with E-state index in [1.807, 2.05) is 53.9 Å². The van der Waals surface area contributed by atoms with Crippen molar-refractivity contribution in [1.29, 1.82) is 0 Å². The van der Waals surface area contributed by atoms with Crippen LogP contribution in [0, 0.1) is 0 Å². The van der Waals surface area contributed by atoms with Crippen molar-refractivity contribution in [3.63, 3.8) is 0 Å². The number of piperidine rings is 1. The van der Waals surface area contributed by atoms with Crippen LogP contribution in [0.5, 0.6) is 11.5 Å². The Morgan fingerprint density at radius 2 is 1.71 bits per heavy atom. The molecule has 8 heteroatoms. The molecule has 2 aromatic heterocycles. The first-order chi connectivity index (χ1) is 16.7. The van der Waals surface area contributed by atoms with Gasteiger partial charge in [0.1, 0.15) is 23.8 Å². The molecule has 1 saturated heterocycles. The summed E-state index contributed by atoms with van der Waals surface area (Å²) in [4.78, 5) is 19.9. The van der Waals surface area contributed by atoms with E-state index in [4.69, 9.17) is 9.47 Å². The maximum atomic E-state index is 12.5. The number of likely N-dealkylation sites (tertiary alicyclic amines) is 1. The third-order valence-corrected chi connectivity index (χ3v) is 6.97. The van der Waals surface area contributed by atoms with Crippen molar-refractivity contribution in [1.82, 2.24) is 19.5 Å². The third-order valence-electron chi connectivity index (χ3n) is 6.16. The minimum Gasteiger partial charge on any atom is -0.497 e. The molecule has 0 atom stereocenters. The van der Waals surface area contributed by atoms with Crippen LogP contribution in [0.3, 0.4) is 0 Å². The molecule has 7 nitrogen and oxygen atoms in total. The van der Waals surface area contributed by atoms with Crippen molar-refractivity contribution >= 4 is 16.3 Å². The largest absolute Gasteiger partial charge is 0.497 e. The summed E-state index contributed by atoms with van der Waals surface area (Å²) in [5.41, 5.74) is 3.02. The second-order valence-corrected chi connectivity index (χ2v) is 9.32. The lowest BCUT2D eigenvalue weighted by atomic mass is 10.1. The SMILES string of the molecule is COc1ccc(Cc2nn3c(-c4ccc(OCCN5CCCCC5)cc4)csc3nc2=O)cc1. The third kappa shape index (κ3) is 5.13. The monoisotopic (exact) mass is 476 g/mol. The molecule has 0 amide bonds. The van der Waals surface area contributed by atoms with Crippen molar-refractivity contribution in [2.75, 3.05) is 33.4 Å². The minimum absolute atomic E-state index is 0.290. The maximum absolute atomic E-state index is 12.5. The average Bonchev–Trinajstić information content (AvgIpc) is 3.28. The number of hydrogen-bond donors (Lipinski definition) is 0. The zero-order valence-corrected chi connectivity index (χ0v) is 20.1. The first-order valence-corrected chi connectivity index (χ1v) is 12.5. The van der Waals surface area contributed by atoms with Gasteiger partial charge in [0, 0.05) is 23.9 Å². The summed E-state index contributed by atoms with van der Waals surface area (Å²) in [5.74, 6) is 1.64. The molecule has 5 rings (SSSR count). The van der Waals surface area contributed by atoms with E-state index < -0.39 is 0 Å². The topological polar surface area (TPSA) is 69.0 Å². The van der Waals surface area contributed by atoms with Crippen LogP contribution in [-0.4, -0.2) is 52.8 Å². The van der Waals surface area contributed by atoms with Crippen molar-refractivity contribution in [2.24, 2.45) is 0 Å². The van der Waals surface area contributed by atoms with E-state index in [-0.39, 0.29) is 5.56 Å². The highest BCUT2D eigenvalue weighted by Crippen LogP contribution is 2.26. The molecule has 4 aromatic rings. The van der Waals surface area contributed by atoms with Gasteiger partial charge in [-0.3, -0.25) is 9.69 Å². The minimum atomic E-state index is -0.290. The lowest BCUT2D eigenvalue weighted by Crippen LogP contribution is -2.33. The Labute approximate surface area is 202 Å². The zero-order valence-electron chi connectivity index (χ0n) is 19.3. The van der Waals surface area contributed by atoms with Crippen LogP contribution in [-0.2, 0) is 6.42 Å². The molecule has 0 N–H and O–H groups in total. The molecule has 0 spiro atoms. The van der Waals surface area contributed by atoms with Gasteiger partial charge in [0.2, 0.25) is 4.96 Å². The quantitative estimate of drug-likeness (QED) is 0.378. The summed E-state index contributed by atoms with van der Waals surface area (Å²) >= 11 is 1.41. The number of hydrogen-bond acceptors (Lipinski definition) is 7. The standard InChI is InChI=1S/C26H28N4O3S/c1-32-21-9-5-19(6-10-21)17-23-25(31)27-26-30(28-23)24(18-34-26)20-7-11-22(12-8-20)33-16-15-29-13-3-2-4-14-29/h5-12,18H,2-4,13-17H2,1H3. The van der Waals surface area contributed by atoms with Gasteiger partial charge in [0.15, 0.2) is 0 Å². The number of benzene rings is 2. The Morgan fingerprint density at radius 1 is 0.971 bits per heavy atom. The number of rotatable bonds is 8. The molecule has 176 valence electrons. The van der Waals surface area contributed by atoms with Gasteiger partial charge >= 0.3 is 0 Å². The summed E-state index contributed by atoms with van der Waals surface area (Å²) in [6.07, 6.45) is 4.34. The number of nitrogens with zero attached hydrogens (tertiary/aromatic N) is 4. The predicted molar refractivity (Wildman–Crippen MR) is 134 cm³/mol. The fraction of sp³-hybridized carbons (Fsp3) is 0.346. The molecule has 0 unspecified atom stereocenters. The van der Waals surface area contributed by atoms with Crippen LogP contribution in [0.2, 0.25) is 0 Å². The van der Waals surface area contributed by atoms with Crippen LogP contribution >= 0.6 is 11.3 Å². The zero-order chi connectivity index (χ0) is 23.3. The molecule has 3 heterocycles. The summed E-state index contributed by atoms with van der Waals surface area (Å²) in [7, 11) is 1.63. The Bertz CT molecular complexity index is 1290. The average molecular weight is 477 g/mol. The van der Waals surface area contributed by atoms with E-state index in [1.54, 1.807) is 11.6 Å². The van der Waals surface area contributed by atoms with Gasteiger partial charge < -0.3 is 9.47 Å². The summed E-state index contributed by atoms with van der Waals surface area (Å²) in [6, 6.07) is 15.7. The fourth-order valence-corrected chi connectivity index (χ4v) is 5.06. The number of thiazole rings is 1. The highest BCUT2D eigenvalue weighted by Gasteiger charge is 2.13. The van der Waals surface area contributed by atoms with Gasteiger partial charge in [-0.2, -0.15) is 10.1 Å². The summed E-state index contributed by atoms with van der Waals surface area (Å²) in [6.45, 7) is 4.02. The molecule has 1 aliphatic rings. The second-order valence-electron chi connectivity index (χ2n) is 8.48. The Hall–Kier alpha value is -3.23. The normalized spacial score (nSPS) is 14.4. The molecule has 0 radical (unpaired) electrons. The molecule has 0 bridgehead atoms. The second kappa shape index (κ2) is 10.4. The lowest BCUT2D eigenvalue weighted by molar-refractivity contribution is 0.183. The van der Waals surface area contributed by atoms with E-state index >= 15 is 0 Å². The molecule has 0 aliphatic carbocycles. The number of aromatic nitrogens is 3. The van der Waals surface area contributed by atoms with Gasteiger partial charge in [-0.25, -0.2) is 4.52 Å². The molecule has 1 aliphatic heterocycles. The van der Waals surface area contributed by atoms with Crippen molar-refractivity contribution in [3.05, 3.63) is 75.5 Å². The highest BCUT2D eigenvalue weighted by molar-refractivity contribution is 7.15. The first-order valence-electron chi connectivity index (χ1n) is 11.7. The molecular formula is C26H28N4O3S. The number of ether oxygens (including phenoxy) is 2. The lowest BCUT2D eigenvalue weighted by Gasteiger charge is -2.26. The molecule has 1 fully saturated rings. The Kier molecular flexibility index (Phi) is 6.87. The van der Waals surface area contributed by atoms with Crippen LogP contribution < -0.4 is 15.0 Å². The van der Waals surface area contributed by atoms with Gasteiger partial charge in [0.05, 0.1) is 12.8 Å². The van der Waals surface area contributed by atoms with Crippen LogP contribution in [0.1, 0.15) is 30.5 Å². The van der Waals surface area contributed by atoms with Gasteiger partial charge in [0.25, 0.3) is 5.56 Å². The van der Waals surface area contributed by atoms with E-state index in [0.717, 1.165) is 34.9 Å². The van der Waals surface area contributed by atoms with Crippen LogP contribution in [0.15, 0.2) is 58.7 Å². The molecular weight excluding hydrogens is 448 g/mol. The fourth-order valence-electron chi connectivity index (χ4n) is 4.23. The summed E-state index contributed by atoms with van der Waals surface area (Å²) < 4.78 is 12.9. The molecule has 0 saturated carbocycles. The van der Waals surface area contributed by atoms with Gasteiger partial charge in [-0.05, 0) is 67.9 Å². The Morgan fingerprint density at radius 3 is 2.44 bits per heavy atom. The molecule has 2 aromatic carbocycles. The van der Waals surface area contributed by atoms with Crippen LogP contribution in [0.25, 0.3) is 16.2 Å². The van der Waals surface area contributed by atoms with Crippen molar-refractivity contribution in [2.45, 2.75) is 25.7 Å². The van der Waals surface area contributed by atoms with Crippen molar-refractivity contribution < 1.29 is 9.47 Å². The van der Waals surface area contributed by atoms with Gasteiger partial charge in [-0.1, -0.05) is 18.6 Å². The number of methoxy groups -OCH3 is 1. The number of fused-ring (bicyclic) bond motifs is 1.